The van der Waals surface area contributed by atoms with Crippen molar-refractivity contribution in [2.45, 2.75) is 33.2 Å². The summed E-state index contributed by atoms with van der Waals surface area (Å²) in [6.45, 7) is 7.42. The van der Waals surface area contributed by atoms with Crippen LogP contribution in [0.2, 0.25) is 0 Å². The monoisotopic (exact) mass is 434 g/mol. The molecule has 0 saturated carbocycles. The van der Waals surface area contributed by atoms with Gasteiger partial charge in [-0.1, -0.05) is 6.92 Å². The van der Waals surface area contributed by atoms with Crippen molar-refractivity contribution in [1.29, 1.82) is 0 Å². The average Bonchev–Trinajstić information content (AvgIpc) is 3.10. The largest absolute Gasteiger partial charge is 0.444 e. The fraction of sp³-hybridized carbons (Fsp3) is 0.467. The number of nitrogens with zero attached hydrogens (tertiary/aromatic N) is 2. The molecule has 2 aromatic rings. The lowest BCUT2D eigenvalue weighted by atomic mass is 10.1. The quantitative estimate of drug-likeness (QED) is 0.430. The third-order valence-electron chi connectivity index (χ3n) is 3.39. The first-order valence-electron chi connectivity index (χ1n) is 6.99. The molecule has 0 aliphatic carbocycles. The van der Waals surface area contributed by atoms with E-state index in [4.69, 9.17) is 4.42 Å². The molecular weight excluding hydrogens is 411 g/mol. The van der Waals surface area contributed by atoms with Gasteiger partial charge in [0, 0.05) is 13.6 Å². The zero-order valence-corrected chi connectivity index (χ0v) is 16.5. The SMILES string of the molecule is CN=C(NCc1nc(C)c(C)o1)NCC(C)c1ccsc1.I. The molecule has 2 heterocycles. The van der Waals surface area contributed by atoms with Crippen molar-refractivity contribution in [1.82, 2.24) is 15.6 Å². The lowest BCUT2D eigenvalue weighted by Gasteiger charge is -2.14. The van der Waals surface area contributed by atoms with E-state index in [9.17, 15) is 0 Å². The highest BCUT2D eigenvalue weighted by Crippen LogP contribution is 2.17. The Morgan fingerprint density at radius 3 is 2.73 bits per heavy atom. The molecule has 1 atom stereocenters. The van der Waals surface area contributed by atoms with Crippen LogP contribution in [0.15, 0.2) is 26.2 Å². The van der Waals surface area contributed by atoms with Crippen molar-refractivity contribution in [3.8, 4) is 0 Å². The first kappa shape index (κ1) is 19.0. The third-order valence-corrected chi connectivity index (χ3v) is 4.09. The molecule has 2 aromatic heterocycles. The number of hydrogen-bond acceptors (Lipinski definition) is 4. The highest BCUT2D eigenvalue weighted by Gasteiger charge is 2.09. The molecule has 0 radical (unpaired) electrons. The Labute approximate surface area is 152 Å². The highest BCUT2D eigenvalue weighted by atomic mass is 127. The zero-order chi connectivity index (χ0) is 15.2. The molecular formula is C15H23IN4OS. The molecule has 0 fully saturated rings. The van der Waals surface area contributed by atoms with E-state index in [0.29, 0.717) is 18.4 Å². The third kappa shape index (κ3) is 5.28. The summed E-state index contributed by atoms with van der Waals surface area (Å²) in [5, 5.41) is 10.8. The van der Waals surface area contributed by atoms with Crippen LogP contribution in [0.3, 0.4) is 0 Å². The summed E-state index contributed by atoms with van der Waals surface area (Å²) < 4.78 is 5.54. The number of nitrogens with one attached hydrogen (secondary N) is 2. The Balaban J connectivity index is 0.00000242. The minimum atomic E-state index is 0. The minimum Gasteiger partial charge on any atom is -0.444 e. The van der Waals surface area contributed by atoms with Crippen molar-refractivity contribution in [2.75, 3.05) is 13.6 Å². The van der Waals surface area contributed by atoms with E-state index in [-0.39, 0.29) is 24.0 Å². The van der Waals surface area contributed by atoms with Gasteiger partial charge in [-0.05, 0) is 42.2 Å². The number of aromatic nitrogens is 1. The van der Waals surface area contributed by atoms with Gasteiger partial charge in [-0.25, -0.2) is 4.98 Å². The predicted molar refractivity (Wildman–Crippen MR) is 102 cm³/mol. The van der Waals surface area contributed by atoms with Gasteiger partial charge in [-0.2, -0.15) is 11.3 Å². The number of aliphatic imine (C=N–C) groups is 1. The van der Waals surface area contributed by atoms with Crippen LogP contribution in [0.25, 0.3) is 0 Å². The van der Waals surface area contributed by atoms with Crippen LogP contribution in [0.5, 0.6) is 0 Å². The number of guanidine groups is 1. The van der Waals surface area contributed by atoms with Crippen LogP contribution in [0, 0.1) is 13.8 Å². The number of oxazole rings is 1. The number of halogens is 1. The molecule has 0 saturated heterocycles. The van der Waals surface area contributed by atoms with E-state index >= 15 is 0 Å². The Bertz CT molecular complexity index is 575. The van der Waals surface area contributed by atoms with E-state index in [2.05, 4.69) is 44.4 Å². The average molecular weight is 434 g/mol. The normalized spacial score (nSPS) is 12.6. The smallest absolute Gasteiger partial charge is 0.214 e. The van der Waals surface area contributed by atoms with Crippen LogP contribution in [0.1, 0.15) is 35.7 Å². The standard InChI is InChI=1S/C15H22N4OS.HI/c1-10(13-5-6-21-9-13)7-17-15(16-4)18-8-14-19-11(2)12(3)20-14;/h5-6,9-10H,7-8H2,1-4H3,(H2,16,17,18);1H. The minimum absolute atomic E-state index is 0. The second-order valence-corrected chi connectivity index (χ2v) is 5.79. The molecule has 1 unspecified atom stereocenters. The van der Waals surface area contributed by atoms with Gasteiger partial charge in [0.15, 0.2) is 5.96 Å². The molecule has 5 nitrogen and oxygen atoms in total. The number of aryl methyl sites for hydroxylation is 2. The molecule has 2 rings (SSSR count). The van der Waals surface area contributed by atoms with Crippen molar-refractivity contribution >= 4 is 41.3 Å². The molecule has 0 amide bonds. The fourth-order valence-corrected chi connectivity index (χ4v) is 2.70. The van der Waals surface area contributed by atoms with E-state index < -0.39 is 0 Å². The van der Waals surface area contributed by atoms with Crippen LogP contribution in [-0.4, -0.2) is 24.5 Å². The van der Waals surface area contributed by atoms with Crippen molar-refractivity contribution in [3.63, 3.8) is 0 Å². The molecule has 0 aliphatic rings. The summed E-state index contributed by atoms with van der Waals surface area (Å²) in [6, 6.07) is 2.16. The van der Waals surface area contributed by atoms with Crippen molar-refractivity contribution < 1.29 is 4.42 Å². The summed E-state index contributed by atoms with van der Waals surface area (Å²) in [5.74, 6) is 2.74. The lowest BCUT2D eigenvalue weighted by Crippen LogP contribution is -2.38. The number of rotatable bonds is 5. The molecule has 0 bridgehead atoms. The number of hydrogen-bond donors (Lipinski definition) is 2. The fourth-order valence-electron chi connectivity index (χ4n) is 1.92. The Hall–Kier alpha value is -1.09. The molecule has 0 aliphatic heterocycles. The van der Waals surface area contributed by atoms with E-state index in [0.717, 1.165) is 24.0 Å². The van der Waals surface area contributed by atoms with Crippen LogP contribution < -0.4 is 10.6 Å². The summed E-state index contributed by atoms with van der Waals surface area (Å²) in [5.41, 5.74) is 2.28. The van der Waals surface area contributed by atoms with E-state index in [1.807, 2.05) is 13.8 Å². The summed E-state index contributed by atoms with van der Waals surface area (Å²) >= 11 is 1.72. The van der Waals surface area contributed by atoms with Crippen LogP contribution >= 0.6 is 35.3 Å². The Morgan fingerprint density at radius 2 is 2.18 bits per heavy atom. The van der Waals surface area contributed by atoms with Crippen LogP contribution in [-0.2, 0) is 6.54 Å². The molecule has 0 aromatic carbocycles. The molecule has 122 valence electrons. The van der Waals surface area contributed by atoms with Gasteiger partial charge in [-0.15, -0.1) is 24.0 Å². The van der Waals surface area contributed by atoms with Crippen LogP contribution in [0.4, 0.5) is 0 Å². The maximum Gasteiger partial charge on any atom is 0.214 e. The van der Waals surface area contributed by atoms with Gasteiger partial charge < -0.3 is 15.1 Å². The topological polar surface area (TPSA) is 62.5 Å². The van der Waals surface area contributed by atoms with Gasteiger partial charge in [-0.3, -0.25) is 4.99 Å². The maximum atomic E-state index is 5.54. The molecule has 0 spiro atoms. The van der Waals surface area contributed by atoms with Gasteiger partial charge >= 0.3 is 0 Å². The van der Waals surface area contributed by atoms with Gasteiger partial charge in [0.1, 0.15) is 5.76 Å². The molecule has 7 heteroatoms. The van der Waals surface area contributed by atoms with Gasteiger partial charge in [0.25, 0.3) is 0 Å². The molecule has 2 N–H and O–H groups in total. The number of thiophene rings is 1. The van der Waals surface area contributed by atoms with Gasteiger partial charge in [0.2, 0.25) is 5.89 Å². The predicted octanol–water partition coefficient (Wildman–Crippen LogP) is 3.44. The Kier molecular flexibility index (Phi) is 7.88. The summed E-state index contributed by atoms with van der Waals surface area (Å²) in [4.78, 5) is 8.55. The van der Waals surface area contributed by atoms with E-state index in [1.54, 1.807) is 18.4 Å². The second kappa shape index (κ2) is 9.14. The summed E-state index contributed by atoms with van der Waals surface area (Å²) in [7, 11) is 1.76. The van der Waals surface area contributed by atoms with Gasteiger partial charge in [0.05, 0.1) is 12.2 Å². The van der Waals surface area contributed by atoms with E-state index in [1.165, 1.54) is 5.56 Å². The first-order valence-corrected chi connectivity index (χ1v) is 7.94. The lowest BCUT2D eigenvalue weighted by molar-refractivity contribution is 0.463. The second-order valence-electron chi connectivity index (χ2n) is 5.01. The summed E-state index contributed by atoms with van der Waals surface area (Å²) in [6.07, 6.45) is 0. The highest BCUT2D eigenvalue weighted by molar-refractivity contribution is 14.0. The Morgan fingerprint density at radius 1 is 1.41 bits per heavy atom. The van der Waals surface area contributed by atoms with Crippen molar-refractivity contribution in [2.24, 2.45) is 4.99 Å². The maximum absolute atomic E-state index is 5.54. The first-order chi connectivity index (χ1) is 10.1. The zero-order valence-electron chi connectivity index (χ0n) is 13.3. The molecule has 22 heavy (non-hydrogen) atoms. The van der Waals surface area contributed by atoms with Crippen molar-refractivity contribution in [3.05, 3.63) is 39.7 Å².